The Morgan fingerprint density at radius 1 is 0.933 bits per heavy atom. The number of rotatable bonds is 10. The van der Waals surface area contributed by atoms with Crippen molar-refractivity contribution in [1.29, 1.82) is 0 Å². The first-order valence-electron chi connectivity index (χ1n) is 10.9. The van der Waals surface area contributed by atoms with Crippen molar-refractivity contribution in [3.8, 4) is 0 Å². The Balaban J connectivity index is 2.38. The fraction of sp³-hybridized carbons (Fsp3) is 0.462. The summed E-state index contributed by atoms with van der Waals surface area (Å²) in [4.78, 5) is 0. The zero-order valence-electron chi connectivity index (χ0n) is 19.1. The number of aliphatic hydroxyl groups is 2. The van der Waals surface area contributed by atoms with Gasteiger partial charge in [0.05, 0.1) is 12.2 Å². The minimum atomic E-state index is -2.62. The van der Waals surface area contributed by atoms with Crippen molar-refractivity contribution in [3.05, 3.63) is 73.3 Å². The van der Waals surface area contributed by atoms with E-state index in [1.54, 1.807) is 6.08 Å². The van der Waals surface area contributed by atoms with Crippen molar-refractivity contribution < 1.29 is 14.6 Å². The zero-order chi connectivity index (χ0) is 22.4. The Kier molecular flexibility index (Phi) is 8.62. The Hall–Kier alpha value is -1.72. The van der Waals surface area contributed by atoms with Crippen molar-refractivity contribution in [3.63, 3.8) is 0 Å². The van der Waals surface area contributed by atoms with Gasteiger partial charge in [-0.15, -0.1) is 6.58 Å². The minimum Gasteiger partial charge on any atom is -0.407 e. The highest BCUT2D eigenvalue weighted by Gasteiger charge is 2.50. The Morgan fingerprint density at radius 2 is 1.40 bits per heavy atom. The molecule has 164 valence electrons. The van der Waals surface area contributed by atoms with Crippen LogP contribution in [-0.4, -0.2) is 37.3 Å². The molecule has 2 aromatic carbocycles. The van der Waals surface area contributed by atoms with Crippen LogP contribution in [0.15, 0.2) is 73.3 Å². The first kappa shape index (κ1) is 24.5. The van der Waals surface area contributed by atoms with E-state index >= 15 is 0 Å². The molecule has 30 heavy (non-hydrogen) atoms. The van der Waals surface area contributed by atoms with E-state index in [2.05, 4.69) is 75.9 Å². The average molecular weight is 427 g/mol. The molecular weight excluding hydrogens is 388 g/mol. The second kappa shape index (κ2) is 10.5. The van der Waals surface area contributed by atoms with Gasteiger partial charge in [-0.2, -0.15) is 0 Å². The van der Waals surface area contributed by atoms with E-state index in [0.717, 1.165) is 0 Å². The molecule has 0 spiro atoms. The summed E-state index contributed by atoms with van der Waals surface area (Å²) in [6.45, 7) is 14.7. The largest absolute Gasteiger partial charge is 0.407 e. The van der Waals surface area contributed by atoms with Gasteiger partial charge in [0.2, 0.25) is 0 Å². The molecule has 2 rings (SSSR count). The highest BCUT2D eigenvalue weighted by atomic mass is 28.4. The van der Waals surface area contributed by atoms with Crippen LogP contribution < -0.4 is 10.4 Å². The van der Waals surface area contributed by atoms with Crippen LogP contribution in [0.1, 0.15) is 41.0 Å². The van der Waals surface area contributed by atoms with Gasteiger partial charge < -0.3 is 14.6 Å². The molecule has 0 amide bonds. The lowest BCUT2D eigenvalue weighted by molar-refractivity contribution is -0.0162. The number of benzene rings is 2. The van der Waals surface area contributed by atoms with Crippen LogP contribution in [-0.2, 0) is 4.43 Å². The highest BCUT2D eigenvalue weighted by Crippen LogP contribution is 2.37. The molecule has 0 aliphatic carbocycles. The molecule has 3 nitrogen and oxygen atoms in total. The maximum atomic E-state index is 10.9. The van der Waals surface area contributed by atoms with Gasteiger partial charge in [0.25, 0.3) is 8.32 Å². The summed E-state index contributed by atoms with van der Waals surface area (Å²) in [5, 5.41) is 23.5. The van der Waals surface area contributed by atoms with E-state index in [0.29, 0.717) is 13.0 Å². The highest BCUT2D eigenvalue weighted by molar-refractivity contribution is 6.99. The third kappa shape index (κ3) is 5.30. The summed E-state index contributed by atoms with van der Waals surface area (Å²) in [6.07, 6.45) is 0.906. The van der Waals surface area contributed by atoms with E-state index in [4.69, 9.17) is 4.43 Å². The van der Waals surface area contributed by atoms with Gasteiger partial charge in [0.1, 0.15) is 0 Å². The molecular formula is C26H38O3Si. The fourth-order valence-electron chi connectivity index (χ4n) is 4.25. The van der Waals surface area contributed by atoms with Gasteiger partial charge in [-0.25, -0.2) is 0 Å². The van der Waals surface area contributed by atoms with Crippen molar-refractivity contribution in [1.82, 2.24) is 0 Å². The van der Waals surface area contributed by atoms with Crippen LogP contribution in [0.25, 0.3) is 0 Å². The summed E-state index contributed by atoms with van der Waals surface area (Å²) < 4.78 is 6.92. The molecule has 2 N–H and O–H groups in total. The van der Waals surface area contributed by atoms with Gasteiger partial charge in [-0.05, 0) is 21.8 Å². The third-order valence-corrected chi connectivity index (χ3v) is 11.1. The lowest BCUT2D eigenvalue weighted by Crippen LogP contribution is -2.67. The fourth-order valence-corrected chi connectivity index (χ4v) is 8.92. The van der Waals surface area contributed by atoms with Crippen LogP contribution in [0.3, 0.4) is 0 Å². The molecule has 0 saturated carbocycles. The van der Waals surface area contributed by atoms with Gasteiger partial charge in [-0.3, -0.25) is 0 Å². The first-order valence-corrected chi connectivity index (χ1v) is 12.8. The summed E-state index contributed by atoms with van der Waals surface area (Å²) in [5.74, 6) is -0.359. The average Bonchev–Trinajstić information content (AvgIpc) is 2.73. The maximum absolute atomic E-state index is 10.9. The summed E-state index contributed by atoms with van der Waals surface area (Å²) in [6, 6.07) is 21.0. The van der Waals surface area contributed by atoms with E-state index in [9.17, 15) is 10.2 Å². The Labute approximate surface area is 183 Å². The molecule has 4 atom stereocenters. The SMILES string of the molecule is C=CC[C@@H](O)[C@@H](C)[C@H](O)[C@H](C)CO[Si](c1ccccc1)(c1ccccc1)C(C)(C)C. The van der Waals surface area contributed by atoms with Crippen LogP contribution in [0.5, 0.6) is 0 Å². The van der Waals surface area contributed by atoms with Crippen molar-refractivity contribution in [2.45, 2.75) is 58.3 Å². The topological polar surface area (TPSA) is 49.7 Å². The van der Waals surface area contributed by atoms with Crippen molar-refractivity contribution in [2.24, 2.45) is 11.8 Å². The van der Waals surface area contributed by atoms with Gasteiger partial charge in [0, 0.05) is 18.4 Å². The van der Waals surface area contributed by atoms with Gasteiger partial charge in [0.15, 0.2) is 0 Å². The zero-order valence-corrected chi connectivity index (χ0v) is 20.1. The second-order valence-corrected chi connectivity index (χ2v) is 13.7. The predicted molar refractivity (Wildman–Crippen MR) is 129 cm³/mol. The minimum absolute atomic E-state index is 0.103. The quantitative estimate of drug-likeness (QED) is 0.444. The molecule has 0 unspecified atom stereocenters. The van der Waals surface area contributed by atoms with E-state index in [1.807, 2.05) is 26.0 Å². The van der Waals surface area contributed by atoms with Crippen molar-refractivity contribution in [2.75, 3.05) is 6.61 Å². The standard InChI is InChI=1S/C26H38O3Si/c1-7-14-24(27)21(3)25(28)20(2)19-29-30(26(4,5)6,22-15-10-8-11-16-22)23-17-12-9-13-18-23/h7-13,15-18,20-21,24-25,27-28H,1,14,19H2,2-6H3/t20-,21-,24-,25-/m1/s1. The summed E-state index contributed by atoms with van der Waals surface area (Å²) in [7, 11) is -2.62. The first-order chi connectivity index (χ1) is 14.1. The van der Waals surface area contributed by atoms with Gasteiger partial charge in [-0.1, -0.05) is 101 Å². The van der Waals surface area contributed by atoms with Gasteiger partial charge >= 0.3 is 0 Å². The third-order valence-electron chi connectivity index (χ3n) is 6.12. The summed E-state index contributed by atoms with van der Waals surface area (Å²) in [5.41, 5.74) is 0. The molecule has 0 aromatic heterocycles. The number of aliphatic hydroxyl groups excluding tert-OH is 2. The molecule has 0 bridgehead atoms. The predicted octanol–water partition coefficient (Wildman–Crippen LogP) is 4.13. The van der Waals surface area contributed by atoms with Crippen LogP contribution in [0.4, 0.5) is 0 Å². The van der Waals surface area contributed by atoms with Crippen molar-refractivity contribution >= 4 is 18.7 Å². The normalized spacial score (nSPS) is 16.5. The molecule has 0 radical (unpaired) electrons. The van der Waals surface area contributed by atoms with E-state index < -0.39 is 20.5 Å². The molecule has 2 aromatic rings. The maximum Gasteiger partial charge on any atom is 0.261 e. The van der Waals surface area contributed by atoms with Crippen LogP contribution in [0.2, 0.25) is 5.04 Å². The molecule has 0 fully saturated rings. The lowest BCUT2D eigenvalue weighted by Gasteiger charge is -2.44. The van der Waals surface area contributed by atoms with Crippen LogP contribution in [0, 0.1) is 11.8 Å². The summed E-state index contributed by atoms with van der Waals surface area (Å²) >= 11 is 0. The number of hydrogen-bond acceptors (Lipinski definition) is 3. The second-order valence-electron chi connectivity index (χ2n) is 9.39. The Bertz CT molecular complexity index is 730. The number of hydrogen-bond donors (Lipinski definition) is 2. The molecule has 0 aliphatic rings. The Morgan fingerprint density at radius 3 is 1.80 bits per heavy atom. The monoisotopic (exact) mass is 426 g/mol. The molecule has 0 saturated heterocycles. The molecule has 4 heteroatoms. The lowest BCUT2D eigenvalue weighted by atomic mass is 9.88. The smallest absolute Gasteiger partial charge is 0.261 e. The van der Waals surface area contributed by atoms with E-state index in [1.165, 1.54) is 10.4 Å². The molecule has 0 heterocycles. The van der Waals surface area contributed by atoms with E-state index in [-0.39, 0.29) is 16.9 Å². The van der Waals surface area contributed by atoms with Crippen LogP contribution >= 0.6 is 0 Å². The molecule has 0 aliphatic heterocycles.